The van der Waals surface area contributed by atoms with E-state index in [1.165, 1.54) is 19.1 Å². The number of amides is 1. The van der Waals surface area contributed by atoms with E-state index in [1.807, 2.05) is 0 Å². The molecule has 2 rings (SSSR count). The van der Waals surface area contributed by atoms with Crippen molar-refractivity contribution in [2.45, 2.75) is 12.1 Å². The monoisotopic (exact) mass is 235 g/mol. The van der Waals surface area contributed by atoms with Gasteiger partial charge in [-0.3, -0.25) is 9.69 Å². The number of anilines is 1. The van der Waals surface area contributed by atoms with Gasteiger partial charge in [-0.15, -0.1) is 0 Å². The Hall–Kier alpha value is -1.88. The maximum absolute atomic E-state index is 11.8. The highest BCUT2D eigenvalue weighted by Gasteiger charge is 2.49. The van der Waals surface area contributed by atoms with Gasteiger partial charge in [0.25, 0.3) is 5.91 Å². The van der Waals surface area contributed by atoms with Crippen molar-refractivity contribution in [3.05, 3.63) is 24.3 Å². The summed E-state index contributed by atoms with van der Waals surface area (Å²) in [7, 11) is 2.94. The zero-order valence-corrected chi connectivity index (χ0v) is 9.62. The maximum Gasteiger partial charge on any atom is 0.259 e. The molecule has 0 N–H and O–H groups in total. The van der Waals surface area contributed by atoms with E-state index in [1.54, 1.807) is 24.3 Å². The number of ether oxygens (including phenoxy) is 2. The lowest BCUT2D eigenvalue weighted by molar-refractivity contribution is -0.142. The van der Waals surface area contributed by atoms with Gasteiger partial charge in [0, 0.05) is 7.11 Å². The average molecular weight is 235 g/mol. The second kappa shape index (κ2) is 4.55. The van der Waals surface area contributed by atoms with Crippen LogP contribution in [0.5, 0.6) is 5.75 Å². The lowest BCUT2D eigenvalue weighted by Gasteiger charge is -2.43. The predicted octanol–water partition coefficient (Wildman–Crippen LogP) is 0.624. The summed E-state index contributed by atoms with van der Waals surface area (Å²) in [6, 6.07) is 6.48. The van der Waals surface area contributed by atoms with Gasteiger partial charge >= 0.3 is 0 Å². The van der Waals surface area contributed by atoms with Crippen LogP contribution in [0.4, 0.5) is 5.69 Å². The number of aldehydes is 1. The molecule has 0 spiro atoms. The molecule has 1 amide bonds. The van der Waals surface area contributed by atoms with Crippen LogP contribution in [0.3, 0.4) is 0 Å². The highest BCUT2D eigenvalue weighted by Crippen LogP contribution is 2.35. The molecule has 1 aromatic carbocycles. The highest BCUT2D eigenvalue weighted by molar-refractivity contribution is 6.10. The quantitative estimate of drug-likeness (QED) is 0.567. The van der Waals surface area contributed by atoms with Gasteiger partial charge in [0.05, 0.1) is 12.8 Å². The largest absolute Gasteiger partial charge is 0.495 e. The SMILES string of the molecule is COc1ccccc1N1C(=O)[C@@H](OC)[C@@H]1C=O. The summed E-state index contributed by atoms with van der Waals surface area (Å²) in [4.78, 5) is 24.2. The first-order chi connectivity index (χ1) is 8.24. The van der Waals surface area contributed by atoms with Gasteiger partial charge in [-0.1, -0.05) is 12.1 Å². The summed E-state index contributed by atoms with van der Waals surface area (Å²) in [5.41, 5.74) is 0.588. The van der Waals surface area contributed by atoms with Crippen molar-refractivity contribution < 1.29 is 19.1 Å². The molecule has 90 valence electrons. The molecule has 5 heteroatoms. The third-order valence-electron chi connectivity index (χ3n) is 2.83. The third-order valence-corrected chi connectivity index (χ3v) is 2.83. The van der Waals surface area contributed by atoms with E-state index in [0.717, 1.165) is 0 Å². The van der Waals surface area contributed by atoms with E-state index >= 15 is 0 Å². The summed E-state index contributed by atoms with van der Waals surface area (Å²) in [5, 5.41) is 0. The first-order valence-electron chi connectivity index (χ1n) is 5.18. The Bertz CT molecular complexity index is 446. The van der Waals surface area contributed by atoms with Crippen LogP contribution in [0.1, 0.15) is 0 Å². The van der Waals surface area contributed by atoms with E-state index in [4.69, 9.17) is 9.47 Å². The summed E-state index contributed by atoms with van der Waals surface area (Å²) < 4.78 is 10.1. The summed E-state index contributed by atoms with van der Waals surface area (Å²) in [5.74, 6) is 0.330. The smallest absolute Gasteiger partial charge is 0.259 e. The zero-order valence-electron chi connectivity index (χ0n) is 9.62. The number of hydrogen-bond acceptors (Lipinski definition) is 4. The fraction of sp³-hybridized carbons (Fsp3) is 0.333. The average Bonchev–Trinajstić information content (AvgIpc) is 2.36. The van der Waals surface area contributed by atoms with E-state index in [0.29, 0.717) is 17.7 Å². The number of carbonyl (C=O) groups excluding carboxylic acids is 2. The number of carbonyl (C=O) groups is 2. The molecule has 1 aromatic rings. The number of methoxy groups -OCH3 is 2. The first kappa shape index (κ1) is 11.6. The molecule has 1 fully saturated rings. The van der Waals surface area contributed by atoms with Crippen molar-refractivity contribution in [3.63, 3.8) is 0 Å². The Morgan fingerprint density at radius 2 is 2.00 bits per heavy atom. The van der Waals surface area contributed by atoms with Crippen molar-refractivity contribution in [3.8, 4) is 5.75 Å². The topological polar surface area (TPSA) is 55.8 Å². The molecule has 0 aromatic heterocycles. The number of nitrogens with zero attached hydrogens (tertiary/aromatic N) is 1. The van der Waals surface area contributed by atoms with Gasteiger partial charge in [-0.2, -0.15) is 0 Å². The van der Waals surface area contributed by atoms with Gasteiger partial charge in [0.15, 0.2) is 6.10 Å². The molecule has 0 saturated carbocycles. The molecule has 1 aliphatic rings. The summed E-state index contributed by atoms with van der Waals surface area (Å²) in [6.07, 6.45) is 0.0274. The number of hydrogen-bond donors (Lipinski definition) is 0. The molecule has 0 unspecified atom stereocenters. The van der Waals surface area contributed by atoms with Gasteiger partial charge in [-0.05, 0) is 12.1 Å². The fourth-order valence-corrected chi connectivity index (χ4v) is 1.96. The van der Waals surface area contributed by atoms with Crippen LogP contribution in [-0.4, -0.2) is 38.6 Å². The van der Waals surface area contributed by atoms with Gasteiger partial charge in [0.1, 0.15) is 18.1 Å². The minimum Gasteiger partial charge on any atom is -0.495 e. The van der Waals surface area contributed by atoms with Crippen molar-refractivity contribution in [2.24, 2.45) is 0 Å². The van der Waals surface area contributed by atoms with E-state index < -0.39 is 12.1 Å². The Morgan fingerprint density at radius 1 is 1.29 bits per heavy atom. The van der Waals surface area contributed by atoms with E-state index in [9.17, 15) is 9.59 Å². The predicted molar refractivity (Wildman–Crippen MR) is 61.1 cm³/mol. The molecular formula is C12H13NO4. The van der Waals surface area contributed by atoms with Crippen LogP contribution < -0.4 is 9.64 Å². The van der Waals surface area contributed by atoms with Gasteiger partial charge in [0.2, 0.25) is 0 Å². The third kappa shape index (κ3) is 1.68. The van der Waals surface area contributed by atoms with Crippen LogP contribution in [0.2, 0.25) is 0 Å². The van der Waals surface area contributed by atoms with Gasteiger partial charge in [-0.25, -0.2) is 0 Å². The summed E-state index contributed by atoms with van der Waals surface area (Å²) >= 11 is 0. The Labute approximate surface area is 98.9 Å². The second-order valence-electron chi connectivity index (χ2n) is 3.66. The fourth-order valence-electron chi connectivity index (χ4n) is 1.96. The zero-order chi connectivity index (χ0) is 12.4. The standard InChI is InChI=1S/C12H13NO4/c1-16-10-6-4-3-5-8(10)13-9(7-14)11(17-2)12(13)15/h3-7,9,11H,1-2H3/t9-,11-/m0/s1. The minimum absolute atomic E-state index is 0.228. The molecular weight excluding hydrogens is 222 g/mol. The summed E-state index contributed by atoms with van der Waals surface area (Å²) in [6.45, 7) is 0. The Morgan fingerprint density at radius 3 is 2.59 bits per heavy atom. The van der Waals surface area contributed by atoms with Crippen LogP contribution in [0.25, 0.3) is 0 Å². The second-order valence-corrected chi connectivity index (χ2v) is 3.66. The molecule has 0 aliphatic carbocycles. The number of β-lactam (4-membered cyclic amide) rings is 1. The molecule has 1 heterocycles. The lowest BCUT2D eigenvalue weighted by atomic mass is 9.98. The van der Waals surface area contributed by atoms with Crippen LogP contribution in [0, 0.1) is 0 Å². The molecule has 5 nitrogen and oxygen atoms in total. The maximum atomic E-state index is 11.8. The van der Waals surface area contributed by atoms with Crippen molar-refractivity contribution in [1.29, 1.82) is 0 Å². The van der Waals surface area contributed by atoms with Crippen LogP contribution in [0.15, 0.2) is 24.3 Å². The number of rotatable bonds is 4. The molecule has 1 aliphatic heterocycles. The van der Waals surface area contributed by atoms with Crippen molar-refractivity contribution >= 4 is 17.9 Å². The lowest BCUT2D eigenvalue weighted by Crippen LogP contribution is -2.66. The normalized spacial score (nSPS) is 23.2. The van der Waals surface area contributed by atoms with E-state index in [-0.39, 0.29) is 5.91 Å². The minimum atomic E-state index is -0.683. The molecule has 0 bridgehead atoms. The first-order valence-corrected chi connectivity index (χ1v) is 5.18. The van der Waals surface area contributed by atoms with Crippen molar-refractivity contribution in [2.75, 3.05) is 19.1 Å². The number of para-hydroxylation sites is 2. The molecule has 1 saturated heterocycles. The number of benzene rings is 1. The van der Waals surface area contributed by atoms with Gasteiger partial charge < -0.3 is 14.3 Å². The molecule has 0 radical (unpaired) electrons. The van der Waals surface area contributed by atoms with E-state index in [2.05, 4.69) is 0 Å². The van der Waals surface area contributed by atoms with Crippen molar-refractivity contribution in [1.82, 2.24) is 0 Å². The Balaban J connectivity index is 2.34. The molecule has 17 heavy (non-hydrogen) atoms. The van der Waals surface area contributed by atoms with Crippen LogP contribution in [-0.2, 0) is 14.3 Å². The highest BCUT2D eigenvalue weighted by atomic mass is 16.5. The Kier molecular flexibility index (Phi) is 3.10. The molecule has 2 atom stereocenters. The van der Waals surface area contributed by atoms with Crippen LogP contribution >= 0.6 is 0 Å².